The van der Waals surface area contributed by atoms with Crippen molar-refractivity contribution >= 4 is 18.3 Å². The fraction of sp³-hybridized carbons (Fsp3) is 0.350. The first-order valence-electron chi connectivity index (χ1n) is 8.70. The summed E-state index contributed by atoms with van der Waals surface area (Å²) < 4.78 is 38.3. The van der Waals surface area contributed by atoms with Gasteiger partial charge in [0, 0.05) is 31.7 Å². The van der Waals surface area contributed by atoms with E-state index in [1.54, 1.807) is 24.3 Å². The minimum atomic E-state index is -4.37. The van der Waals surface area contributed by atoms with E-state index in [-0.39, 0.29) is 18.3 Å². The van der Waals surface area contributed by atoms with Crippen molar-refractivity contribution < 1.29 is 18.0 Å². The summed E-state index contributed by atoms with van der Waals surface area (Å²) in [7, 11) is 0. The first-order chi connectivity index (χ1) is 12.4. The number of halogens is 4. The molecule has 3 nitrogen and oxygen atoms in total. The zero-order chi connectivity index (χ0) is 18.3. The molecule has 2 aliphatic rings. The molecule has 0 spiro atoms. The van der Waals surface area contributed by atoms with Crippen LogP contribution in [0, 0.1) is 11.8 Å². The Balaban J connectivity index is 0.00000210. The number of benzene rings is 2. The van der Waals surface area contributed by atoms with E-state index in [0.29, 0.717) is 28.5 Å². The molecule has 1 amide bonds. The second kappa shape index (κ2) is 7.52. The quantitative estimate of drug-likeness (QED) is 0.829. The molecule has 0 radical (unpaired) electrons. The summed E-state index contributed by atoms with van der Waals surface area (Å²) in [6.45, 7) is 3.35. The van der Waals surface area contributed by atoms with Gasteiger partial charge in [-0.05, 0) is 41.2 Å². The van der Waals surface area contributed by atoms with E-state index in [1.807, 2.05) is 4.90 Å². The third-order valence-electron chi connectivity index (χ3n) is 5.36. The van der Waals surface area contributed by atoms with Crippen molar-refractivity contribution in [2.45, 2.75) is 6.18 Å². The highest BCUT2D eigenvalue weighted by Gasteiger charge is 2.38. The number of amides is 1. The number of hydrogen-bond acceptors (Lipinski definition) is 2. The van der Waals surface area contributed by atoms with Gasteiger partial charge in [0.25, 0.3) is 5.91 Å². The number of rotatable bonds is 2. The monoisotopic (exact) mass is 396 g/mol. The predicted octanol–water partition coefficient (Wildman–Crippen LogP) is 4.09. The Hall–Kier alpha value is -2.05. The molecule has 2 saturated heterocycles. The number of carbonyl (C=O) groups excluding carboxylic acids is 1. The van der Waals surface area contributed by atoms with E-state index >= 15 is 0 Å². The second-order valence-corrected chi connectivity index (χ2v) is 7.01. The third kappa shape index (κ3) is 3.82. The van der Waals surface area contributed by atoms with Gasteiger partial charge in [0.05, 0.1) is 5.56 Å². The van der Waals surface area contributed by atoms with Crippen molar-refractivity contribution in [3.8, 4) is 11.1 Å². The lowest BCUT2D eigenvalue weighted by Crippen LogP contribution is -2.32. The van der Waals surface area contributed by atoms with Gasteiger partial charge >= 0.3 is 6.18 Å². The van der Waals surface area contributed by atoms with Crippen LogP contribution in [-0.4, -0.2) is 37.0 Å². The van der Waals surface area contributed by atoms with Crippen molar-refractivity contribution in [3.63, 3.8) is 0 Å². The van der Waals surface area contributed by atoms with Crippen molar-refractivity contribution in [1.82, 2.24) is 10.2 Å². The largest absolute Gasteiger partial charge is 0.416 e. The molecular formula is C20H20ClF3N2O. The van der Waals surface area contributed by atoms with Crippen LogP contribution in [0.25, 0.3) is 11.1 Å². The molecular weight excluding hydrogens is 377 g/mol. The van der Waals surface area contributed by atoms with Crippen molar-refractivity contribution in [3.05, 3.63) is 59.7 Å². The lowest BCUT2D eigenvalue weighted by atomic mass is 9.98. The number of likely N-dealkylation sites (tertiary alicyclic amines) is 1. The van der Waals surface area contributed by atoms with Gasteiger partial charge in [-0.25, -0.2) is 0 Å². The molecule has 27 heavy (non-hydrogen) atoms. The molecule has 4 rings (SSSR count). The molecule has 2 aliphatic heterocycles. The molecule has 0 unspecified atom stereocenters. The Morgan fingerprint density at radius 2 is 1.56 bits per heavy atom. The summed E-state index contributed by atoms with van der Waals surface area (Å²) >= 11 is 0. The van der Waals surface area contributed by atoms with E-state index in [1.165, 1.54) is 12.1 Å². The van der Waals surface area contributed by atoms with Crippen LogP contribution in [0.15, 0.2) is 48.5 Å². The van der Waals surface area contributed by atoms with Gasteiger partial charge in [-0.2, -0.15) is 13.2 Å². The molecule has 2 atom stereocenters. The Kier molecular flexibility index (Phi) is 5.49. The van der Waals surface area contributed by atoms with E-state index in [9.17, 15) is 18.0 Å². The van der Waals surface area contributed by atoms with Crippen LogP contribution < -0.4 is 5.32 Å². The molecule has 0 saturated carbocycles. The fourth-order valence-electron chi connectivity index (χ4n) is 3.95. The van der Waals surface area contributed by atoms with Gasteiger partial charge in [0.15, 0.2) is 0 Å². The average molecular weight is 397 g/mol. The van der Waals surface area contributed by atoms with E-state index in [2.05, 4.69) is 5.32 Å². The summed E-state index contributed by atoms with van der Waals surface area (Å²) in [6.07, 6.45) is -4.37. The van der Waals surface area contributed by atoms with E-state index in [0.717, 1.165) is 38.3 Å². The number of carbonyl (C=O) groups is 1. The number of nitrogens with one attached hydrogen (secondary N) is 1. The Labute approximate surface area is 162 Å². The maximum atomic E-state index is 13.0. The fourth-order valence-corrected chi connectivity index (χ4v) is 3.95. The van der Waals surface area contributed by atoms with Gasteiger partial charge in [-0.15, -0.1) is 12.4 Å². The average Bonchev–Trinajstić information content (AvgIpc) is 3.22. The SMILES string of the molecule is Cl.O=C(c1ccccc1-c1ccc(C(F)(F)F)cc1)N1C[C@H]2CNC[C@H]2C1. The highest BCUT2D eigenvalue weighted by Crippen LogP contribution is 2.33. The first-order valence-corrected chi connectivity index (χ1v) is 8.70. The van der Waals surface area contributed by atoms with Gasteiger partial charge in [-0.1, -0.05) is 30.3 Å². The minimum absolute atomic E-state index is 0. The summed E-state index contributed by atoms with van der Waals surface area (Å²) in [6, 6.07) is 12.1. The lowest BCUT2D eigenvalue weighted by Gasteiger charge is -2.19. The number of fused-ring (bicyclic) bond motifs is 1. The molecule has 7 heteroatoms. The van der Waals surface area contributed by atoms with Crippen LogP contribution in [0.5, 0.6) is 0 Å². The smallest absolute Gasteiger partial charge is 0.338 e. The Bertz CT molecular complexity index is 811. The van der Waals surface area contributed by atoms with Crippen molar-refractivity contribution in [2.75, 3.05) is 26.2 Å². The third-order valence-corrected chi connectivity index (χ3v) is 5.36. The molecule has 1 N–H and O–H groups in total. The topological polar surface area (TPSA) is 32.3 Å². The molecule has 2 aromatic carbocycles. The summed E-state index contributed by atoms with van der Waals surface area (Å²) in [5.74, 6) is 0.948. The predicted molar refractivity (Wildman–Crippen MR) is 99.9 cm³/mol. The standard InChI is InChI=1S/C20H19F3N2O.ClH/c21-20(22,23)16-7-5-13(6-8-16)17-3-1-2-4-18(17)19(26)25-11-14-9-24-10-15(14)12-25;/h1-8,14-15,24H,9-12H2;1H/t14-,15+;. The van der Waals surface area contributed by atoms with Gasteiger partial charge in [0.2, 0.25) is 0 Å². The zero-order valence-corrected chi connectivity index (χ0v) is 15.3. The van der Waals surface area contributed by atoms with Crippen LogP contribution in [0.3, 0.4) is 0 Å². The maximum Gasteiger partial charge on any atom is 0.416 e. The Morgan fingerprint density at radius 1 is 0.963 bits per heavy atom. The highest BCUT2D eigenvalue weighted by atomic mass is 35.5. The Morgan fingerprint density at radius 3 is 2.15 bits per heavy atom. The molecule has 144 valence electrons. The summed E-state index contributed by atoms with van der Waals surface area (Å²) in [5.41, 5.74) is 1.13. The minimum Gasteiger partial charge on any atom is -0.338 e. The maximum absolute atomic E-state index is 13.0. The van der Waals surface area contributed by atoms with Gasteiger partial charge in [0.1, 0.15) is 0 Å². The summed E-state index contributed by atoms with van der Waals surface area (Å²) in [5, 5.41) is 3.35. The van der Waals surface area contributed by atoms with Crippen LogP contribution in [-0.2, 0) is 6.18 Å². The zero-order valence-electron chi connectivity index (χ0n) is 14.5. The van der Waals surface area contributed by atoms with Crippen LogP contribution in [0.1, 0.15) is 15.9 Å². The summed E-state index contributed by atoms with van der Waals surface area (Å²) in [4.78, 5) is 14.9. The number of alkyl halides is 3. The van der Waals surface area contributed by atoms with Crippen molar-refractivity contribution in [2.24, 2.45) is 11.8 Å². The lowest BCUT2D eigenvalue weighted by molar-refractivity contribution is -0.137. The normalized spacial score (nSPS) is 21.7. The molecule has 0 aliphatic carbocycles. The van der Waals surface area contributed by atoms with Crippen LogP contribution in [0.2, 0.25) is 0 Å². The van der Waals surface area contributed by atoms with Gasteiger partial charge in [-0.3, -0.25) is 4.79 Å². The van der Waals surface area contributed by atoms with Crippen LogP contribution >= 0.6 is 12.4 Å². The van der Waals surface area contributed by atoms with Crippen molar-refractivity contribution in [1.29, 1.82) is 0 Å². The molecule has 0 aromatic heterocycles. The molecule has 2 heterocycles. The second-order valence-electron chi connectivity index (χ2n) is 7.01. The van der Waals surface area contributed by atoms with Gasteiger partial charge < -0.3 is 10.2 Å². The van der Waals surface area contributed by atoms with E-state index in [4.69, 9.17) is 0 Å². The molecule has 0 bridgehead atoms. The molecule has 2 fully saturated rings. The highest BCUT2D eigenvalue weighted by molar-refractivity contribution is 6.01. The number of hydrogen-bond donors (Lipinski definition) is 1. The van der Waals surface area contributed by atoms with E-state index < -0.39 is 11.7 Å². The molecule has 2 aromatic rings. The first kappa shape index (κ1) is 19.7. The van der Waals surface area contributed by atoms with Crippen LogP contribution in [0.4, 0.5) is 13.2 Å². The number of nitrogens with zero attached hydrogens (tertiary/aromatic N) is 1.